The minimum atomic E-state index is -0.111. The van der Waals surface area contributed by atoms with Crippen molar-refractivity contribution in [2.24, 2.45) is 11.8 Å². The van der Waals surface area contributed by atoms with E-state index in [0.717, 1.165) is 80.0 Å². The number of amides is 1. The lowest BCUT2D eigenvalue weighted by atomic mass is 9.79. The molecule has 0 aromatic carbocycles. The maximum Gasteiger partial charge on any atom is 0.223 e. The second-order valence-electron chi connectivity index (χ2n) is 10.5. The van der Waals surface area contributed by atoms with Gasteiger partial charge in [-0.15, -0.1) is 0 Å². The van der Waals surface area contributed by atoms with E-state index in [1.54, 1.807) is 0 Å². The second-order valence-corrected chi connectivity index (χ2v) is 10.5. The third-order valence-corrected chi connectivity index (χ3v) is 6.82. The Morgan fingerprint density at radius 1 is 1.16 bits per heavy atom. The molecule has 1 amide bonds. The van der Waals surface area contributed by atoms with Crippen molar-refractivity contribution in [1.82, 2.24) is 20.4 Å². The zero-order valence-corrected chi connectivity index (χ0v) is 19.9. The van der Waals surface area contributed by atoms with Crippen LogP contribution in [0.15, 0.2) is 28.9 Å². The van der Waals surface area contributed by atoms with Crippen molar-refractivity contribution < 1.29 is 9.32 Å². The number of rotatable bonds is 5. The minimum absolute atomic E-state index is 0.111. The van der Waals surface area contributed by atoms with Crippen molar-refractivity contribution in [3.63, 3.8) is 0 Å². The van der Waals surface area contributed by atoms with E-state index in [1.807, 2.05) is 19.2 Å². The molecule has 1 saturated carbocycles. The largest absolute Gasteiger partial charge is 0.356 e. The summed E-state index contributed by atoms with van der Waals surface area (Å²) in [6.07, 6.45) is 13.4. The zero-order valence-electron chi connectivity index (χ0n) is 19.9. The summed E-state index contributed by atoms with van der Waals surface area (Å²) in [6, 6.07) is 1.96. The molecule has 0 spiro atoms. The lowest BCUT2D eigenvalue weighted by molar-refractivity contribution is -0.125. The molecule has 2 aliphatic rings. The highest BCUT2D eigenvalue weighted by atomic mass is 16.5. The molecule has 0 unspecified atom stereocenters. The summed E-state index contributed by atoms with van der Waals surface area (Å²) in [5.41, 5.74) is 2.79. The third kappa shape index (κ3) is 5.28. The van der Waals surface area contributed by atoms with Gasteiger partial charge in [-0.3, -0.25) is 4.79 Å². The van der Waals surface area contributed by atoms with E-state index in [9.17, 15) is 4.79 Å². The molecule has 6 nitrogen and oxygen atoms in total. The molecular formula is C26H36N4O2. The van der Waals surface area contributed by atoms with Crippen LogP contribution >= 0.6 is 0 Å². The SMILES string of the molecule is Cc1cc(-c2cnc(C(C)(C)C)nc2C2CCC(CNC(=O)[C@@H]3CC=CCC3)CC2)on1. The van der Waals surface area contributed by atoms with Crippen LogP contribution in [0.2, 0.25) is 0 Å². The highest BCUT2D eigenvalue weighted by molar-refractivity contribution is 5.78. The minimum Gasteiger partial charge on any atom is -0.356 e. The van der Waals surface area contributed by atoms with E-state index in [2.05, 4.69) is 48.4 Å². The van der Waals surface area contributed by atoms with Crippen LogP contribution in [0.25, 0.3) is 11.3 Å². The summed E-state index contributed by atoms with van der Waals surface area (Å²) < 4.78 is 5.57. The number of aromatic nitrogens is 3. The molecular weight excluding hydrogens is 400 g/mol. The van der Waals surface area contributed by atoms with Crippen LogP contribution in [-0.4, -0.2) is 27.6 Å². The van der Waals surface area contributed by atoms with Crippen LogP contribution in [-0.2, 0) is 10.2 Å². The van der Waals surface area contributed by atoms with Gasteiger partial charge in [0.25, 0.3) is 0 Å². The molecule has 0 saturated heterocycles. The fraction of sp³-hybridized carbons (Fsp3) is 0.615. The zero-order chi connectivity index (χ0) is 22.7. The molecule has 2 aromatic rings. The molecule has 0 bridgehead atoms. The first-order valence-electron chi connectivity index (χ1n) is 12.0. The summed E-state index contributed by atoms with van der Waals surface area (Å²) in [5.74, 6) is 2.90. The molecule has 1 fully saturated rings. The van der Waals surface area contributed by atoms with E-state index in [-0.39, 0.29) is 17.2 Å². The summed E-state index contributed by atoms with van der Waals surface area (Å²) in [7, 11) is 0. The summed E-state index contributed by atoms with van der Waals surface area (Å²) >= 11 is 0. The van der Waals surface area contributed by atoms with Gasteiger partial charge in [0.05, 0.1) is 17.0 Å². The Morgan fingerprint density at radius 2 is 1.94 bits per heavy atom. The van der Waals surface area contributed by atoms with Gasteiger partial charge >= 0.3 is 0 Å². The Labute approximate surface area is 191 Å². The Morgan fingerprint density at radius 3 is 2.56 bits per heavy atom. The maximum atomic E-state index is 12.5. The Bertz CT molecular complexity index is 964. The number of hydrogen-bond donors (Lipinski definition) is 1. The standard InChI is InChI=1S/C26H36N4O2/c1-17-14-22(32-30-17)21-16-28-25(26(2,3)4)29-23(21)19-12-10-18(11-13-19)15-27-24(31)20-8-6-5-7-9-20/h5-6,14,16,18-20H,7-13,15H2,1-4H3,(H,27,31)/t18?,19?,20-/m1/s1. The molecule has 172 valence electrons. The van der Waals surface area contributed by atoms with Gasteiger partial charge < -0.3 is 9.84 Å². The average molecular weight is 437 g/mol. The molecule has 0 aliphatic heterocycles. The number of hydrogen-bond acceptors (Lipinski definition) is 5. The molecule has 2 aliphatic carbocycles. The predicted molar refractivity (Wildman–Crippen MR) is 125 cm³/mol. The Balaban J connectivity index is 1.43. The topological polar surface area (TPSA) is 80.9 Å². The molecule has 1 N–H and O–H groups in total. The van der Waals surface area contributed by atoms with Gasteiger partial charge in [-0.25, -0.2) is 9.97 Å². The summed E-state index contributed by atoms with van der Waals surface area (Å²) in [5, 5.41) is 7.29. The van der Waals surface area contributed by atoms with Gasteiger partial charge in [0.2, 0.25) is 5.91 Å². The summed E-state index contributed by atoms with van der Waals surface area (Å²) in [6.45, 7) is 9.15. The number of aryl methyl sites for hydroxylation is 1. The van der Waals surface area contributed by atoms with Gasteiger partial charge in [-0.2, -0.15) is 0 Å². The first-order chi connectivity index (χ1) is 15.3. The van der Waals surface area contributed by atoms with E-state index < -0.39 is 0 Å². The van der Waals surface area contributed by atoms with Gasteiger partial charge in [0, 0.05) is 36.1 Å². The van der Waals surface area contributed by atoms with Crippen molar-refractivity contribution in [3.8, 4) is 11.3 Å². The molecule has 2 aromatic heterocycles. The molecule has 1 atom stereocenters. The van der Waals surface area contributed by atoms with Crippen molar-refractivity contribution in [3.05, 3.63) is 41.6 Å². The third-order valence-electron chi connectivity index (χ3n) is 6.82. The molecule has 32 heavy (non-hydrogen) atoms. The number of allylic oxidation sites excluding steroid dienone is 2. The van der Waals surface area contributed by atoms with Crippen LogP contribution in [0, 0.1) is 18.8 Å². The summed E-state index contributed by atoms with van der Waals surface area (Å²) in [4.78, 5) is 22.2. The lowest BCUT2D eigenvalue weighted by Gasteiger charge is -2.30. The van der Waals surface area contributed by atoms with E-state index >= 15 is 0 Å². The smallest absolute Gasteiger partial charge is 0.223 e. The van der Waals surface area contributed by atoms with Crippen molar-refractivity contribution in [1.29, 1.82) is 0 Å². The maximum absolute atomic E-state index is 12.5. The van der Waals surface area contributed by atoms with Gasteiger partial charge in [0.1, 0.15) is 5.82 Å². The van der Waals surface area contributed by atoms with Crippen LogP contribution in [0.1, 0.15) is 88.8 Å². The van der Waals surface area contributed by atoms with Crippen LogP contribution in [0.5, 0.6) is 0 Å². The van der Waals surface area contributed by atoms with E-state index in [0.29, 0.717) is 11.8 Å². The first kappa shape index (κ1) is 22.7. The van der Waals surface area contributed by atoms with E-state index in [1.165, 1.54) is 0 Å². The van der Waals surface area contributed by atoms with Crippen molar-refractivity contribution >= 4 is 5.91 Å². The average Bonchev–Trinajstić information content (AvgIpc) is 3.23. The molecule has 4 rings (SSSR count). The number of nitrogens with zero attached hydrogens (tertiary/aromatic N) is 3. The van der Waals surface area contributed by atoms with Crippen molar-refractivity contribution in [2.45, 2.75) is 84.0 Å². The van der Waals surface area contributed by atoms with Crippen molar-refractivity contribution in [2.75, 3.05) is 6.54 Å². The lowest BCUT2D eigenvalue weighted by Crippen LogP contribution is -2.35. The van der Waals surface area contributed by atoms with Crippen LogP contribution in [0.3, 0.4) is 0 Å². The predicted octanol–water partition coefficient (Wildman–Crippen LogP) is 5.48. The van der Waals surface area contributed by atoms with Gasteiger partial charge in [0.15, 0.2) is 5.76 Å². The van der Waals surface area contributed by atoms with Crippen LogP contribution < -0.4 is 5.32 Å². The molecule has 2 heterocycles. The second kappa shape index (κ2) is 9.55. The normalized spacial score (nSPS) is 23.8. The quantitative estimate of drug-likeness (QED) is 0.627. The Hall–Kier alpha value is -2.50. The first-order valence-corrected chi connectivity index (χ1v) is 12.0. The van der Waals surface area contributed by atoms with Crippen LogP contribution in [0.4, 0.5) is 0 Å². The highest BCUT2D eigenvalue weighted by Gasteiger charge is 2.29. The fourth-order valence-corrected chi connectivity index (χ4v) is 4.81. The number of nitrogens with one attached hydrogen (secondary N) is 1. The monoisotopic (exact) mass is 436 g/mol. The van der Waals surface area contributed by atoms with Gasteiger partial charge in [-0.1, -0.05) is 38.1 Å². The van der Waals surface area contributed by atoms with Gasteiger partial charge in [-0.05, 0) is 57.8 Å². The number of carbonyl (C=O) groups excluding carboxylic acids is 1. The molecule has 6 heteroatoms. The number of carbonyl (C=O) groups is 1. The molecule has 0 radical (unpaired) electrons. The van der Waals surface area contributed by atoms with E-state index in [4.69, 9.17) is 9.51 Å². The Kier molecular flexibility index (Phi) is 6.77. The fourth-order valence-electron chi connectivity index (χ4n) is 4.81. The highest BCUT2D eigenvalue weighted by Crippen LogP contribution is 2.39.